The maximum atomic E-state index is 6.42. The topological polar surface area (TPSA) is 16.4 Å². The Labute approximate surface area is 327 Å². The van der Waals surface area contributed by atoms with E-state index in [2.05, 4.69) is 217 Å². The number of hydrogen-bond donors (Lipinski definition) is 0. The van der Waals surface area contributed by atoms with Crippen LogP contribution < -0.4 is 4.90 Å². The van der Waals surface area contributed by atoms with Crippen LogP contribution in [0.4, 0.5) is 17.1 Å². The molecule has 10 aromatic rings. The molecule has 1 heterocycles. The van der Waals surface area contributed by atoms with Gasteiger partial charge in [0.05, 0.1) is 5.69 Å². The molecule has 0 saturated heterocycles. The molecule has 1 aromatic heterocycles. The highest BCUT2D eigenvalue weighted by molar-refractivity contribution is 6.09. The van der Waals surface area contributed by atoms with Crippen molar-refractivity contribution in [1.82, 2.24) is 0 Å². The molecule has 0 aliphatic rings. The Balaban J connectivity index is 1.07. The predicted octanol–water partition coefficient (Wildman–Crippen LogP) is 15.4. The van der Waals surface area contributed by atoms with Gasteiger partial charge in [0.1, 0.15) is 11.2 Å². The first-order chi connectivity index (χ1) is 27.8. The number of furan rings is 1. The molecule has 264 valence electrons. The van der Waals surface area contributed by atoms with Crippen LogP contribution in [0.2, 0.25) is 0 Å². The summed E-state index contributed by atoms with van der Waals surface area (Å²) in [6, 6.07) is 80.0. The van der Waals surface area contributed by atoms with Crippen molar-refractivity contribution < 1.29 is 4.42 Å². The molecule has 0 spiro atoms. The molecule has 0 atom stereocenters. The van der Waals surface area contributed by atoms with Gasteiger partial charge in [0, 0.05) is 33.3 Å². The lowest BCUT2D eigenvalue weighted by Gasteiger charge is -2.28. The highest BCUT2D eigenvalue weighted by atomic mass is 16.3. The lowest BCUT2D eigenvalue weighted by Crippen LogP contribution is -2.11. The van der Waals surface area contributed by atoms with E-state index in [1.807, 2.05) is 12.1 Å². The molecular weight excluding hydrogens is 679 g/mol. The average molecular weight is 716 g/mol. The normalized spacial score (nSPS) is 11.2. The van der Waals surface area contributed by atoms with Crippen LogP contribution in [0.15, 0.2) is 229 Å². The Bertz CT molecular complexity index is 2940. The van der Waals surface area contributed by atoms with Gasteiger partial charge in [0.15, 0.2) is 0 Å². The van der Waals surface area contributed by atoms with Gasteiger partial charge in [-0.25, -0.2) is 0 Å². The fourth-order valence-corrected chi connectivity index (χ4v) is 8.06. The van der Waals surface area contributed by atoms with E-state index in [0.717, 1.165) is 55.7 Å². The van der Waals surface area contributed by atoms with Crippen molar-refractivity contribution in [3.8, 4) is 55.6 Å². The van der Waals surface area contributed by atoms with Crippen LogP contribution in [0, 0.1) is 0 Å². The molecule has 9 aromatic carbocycles. The lowest BCUT2D eigenvalue weighted by atomic mass is 9.88. The van der Waals surface area contributed by atoms with Crippen molar-refractivity contribution >= 4 is 39.0 Å². The van der Waals surface area contributed by atoms with Crippen LogP contribution in [-0.2, 0) is 0 Å². The summed E-state index contributed by atoms with van der Waals surface area (Å²) in [5, 5.41) is 2.27. The van der Waals surface area contributed by atoms with Gasteiger partial charge in [-0.05, 0) is 80.9 Å². The van der Waals surface area contributed by atoms with Gasteiger partial charge in [-0.2, -0.15) is 0 Å². The molecule has 0 N–H and O–H groups in total. The maximum absolute atomic E-state index is 6.42. The third-order valence-electron chi connectivity index (χ3n) is 10.7. The Morgan fingerprint density at radius 3 is 1.45 bits per heavy atom. The number of fused-ring (bicyclic) bond motifs is 3. The van der Waals surface area contributed by atoms with Crippen molar-refractivity contribution in [1.29, 1.82) is 0 Å². The van der Waals surface area contributed by atoms with Crippen LogP contribution >= 0.6 is 0 Å². The molecule has 0 fully saturated rings. The van der Waals surface area contributed by atoms with E-state index >= 15 is 0 Å². The highest BCUT2D eigenvalue weighted by Crippen LogP contribution is 2.46. The fraction of sp³-hybridized carbons (Fsp3) is 0. The Morgan fingerprint density at radius 2 is 0.714 bits per heavy atom. The summed E-state index contributed by atoms with van der Waals surface area (Å²) < 4.78 is 6.42. The molecule has 0 saturated carbocycles. The zero-order valence-corrected chi connectivity index (χ0v) is 30.7. The third-order valence-corrected chi connectivity index (χ3v) is 10.7. The van der Waals surface area contributed by atoms with E-state index in [-0.39, 0.29) is 0 Å². The number of rotatable bonds is 8. The first kappa shape index (κ1) is 33.2. The third kappa shape index (κ3) is 6.04. The number of nitrogens with zero attached hydrogens (tertiary/aromatic N) is 1. The first-order valence-electron chi connectivity index (χ1n) is 19.1. The average Bonchev–Trinajstić information content (AvgIpc) is 3.67. The minimum absolute atomic E-state index is 0.905. The van der Waals surface area contributed by atoms with E-state index in [0.29, 0.717) is 0 Å². The van der Waals surface area contributed by atoms with Gasteiger partial charge in [-0.1, -0.05) is 188 Å². The fourth-order valence-electron chi connectivity index (χ4n) is 8.06. The lowest BCUT2D eigenvalue weighted by molar-refractivity contribution is 0.670. The van der Waals surface area contributed by atoms with Crippen LogP contribution in [-0.4, -0.2) is 0 Å². The van der Waals surface area contributed by atoms with E-state index in [1.54, 1.807) is 0 Å². The number of hydrogen-bond acceptors (Lipinski definition) is 2. The van der Waals surface area contributed by atoms with Gasteiger partial charge in [-0.15, -0.1) is 0 Å². The van der Waals surface area contributed by atoms with Gasteiger partial charge in [-0.3, -0.25) is 0 Å². The monoisotopic (exact) mass is 715 g/mol. The standard InChI is InChI=1S/C54H37NO/c1-3-16-38(17-4-1)39-30-32-40(33-31-39)44-20-7-8-21-46(44)47-22-9-10-23-48(47)49-24-11-13-28-52(49)55(42-18-5-2-6-19-42)43-36-34-41(35-37-43)45-26-15-27-51-50-25-12-14-29-53(50)56-54(45)51/h1-37H. The number of benzene rings is 9. The van der Waals surface area contributed by atoms with Gasteiger partial charge in [0.2, 0.25) is 0 Å². The minimum atomic E-state index is 0.905. The number of anilines is 3. The van der Waals surface area contributed by atoms with Crippen molar-refractivity contribution in [3.05, 3.63) is 224 Å². The maximum Gasteiger partial charge on any atom is 0.143 e. The second-order valence-electron chi connectivity index (χ2n) is 14.1. The predicted molar refractivity (Wildman–Crippen MR) is 236 cm³/mol. The molecule has 2 heteroatoms. The molecule has 0 amide bonds. The summed E-state index contributed by atoms with van der Waals surface area (Å²) >= 11 is 0. The summed E-state index contributed by atoms with van der Waals surface area (Å²) in [5.74, 6) is 0. The van der Waals surface area contributed by atoms with Crippen molar-refractivity contribution in [2.24, 2.45) is 0 Å². The van der Waals surface area contributed by atoms with Crippen LogP contribution in [0.25, 0.3) is 77.6 Å². The molecule has 0 unspecified atom stereocenters. The van der Waals surface area contributed by atoms with Crippen LogP contribution in [0.5, 0.6) is 0 Å². The zero-order valence-electron chi connectivity index (χ0n) is 30.7. The molecule has 2 nitrogen and oxygen atoms in total. The second-order valence-corrected chi connectivity index (χ2v) is 14.1. The molecule has 0 aliphatic heterocycles. The largest absolute Gasteiger partial charge is 0.455 e. The number of para-hydroxylation sites is 4. The highest BCUT2D eigenvalue weighted by Gasteiger charge is 2.20. The van der Waals surface area contributed by atoms with Crippen molar-refractivity contribution in [2.45, 2.75) is 0 Å². The quantitative estimate of drug-likeness (QED) is 0.156. The molecule has 0 radical (unpaired) electrons. The molecule has 10 rings (SSSR count). The SMILES string of the molecule is c1ccc(-c2ccc(-c3ccccc3-c3ccccc3-c3ccccc3N(c3ccccc3)c3ccc(-c4cccc5c4oc4ccccc45)cc3)cc2)cc1. The van der Waals surface area contributed by atoms with Crippen molar-refractivity contribution in [2.75, 3.05) is 4.90 Å². The summed E-state index contributed by atoms with van der Waals surface area (Å²) in [7, 11) is 0. The van der Waals surface area contributed by atoms with E-state index < -0.39 is 0 Å². The summed E-state index contributed by atoms with van der Waals surface area (Å²) in [4.78, 5) is 2.37. The van der Waals surface area contributed by atoms with E-state index in [4.69, 9.17) is 4.42 Å². The van der Waals surface area contributed by atoms with E-state index in [1.165, 1.54) is 38.9 Å². The minimum Gasteiger partial charge on any atom is -0.455 e. The van der Waals surface area contributed by atoms with Crippen LogP contribution in [0.1, 0.15) is 0 Å². The Hall–Kier alpha value is -7.42. The molecule has 56 heavy (non-hydrogen) atoms. The van der Waals surface area contributed by atoms with Crippen molar-refractivity contribution in [3.63, 3.8) is 0 Å². The molecular formula is C54H37NO. The Kier molecular flexibility index (Phi) is 8.55. The van der Waals surface area contributed by atoms with Gasteiger partial charge in [0.25, 0.3) is 0 Å². The first-order valence-corrected chi connectivity index (χ1v) is 19.1. The van der Waals surface area contributed by atoms with Gasteiger partial charge < -0.3 is 9.32 Å². The molecule has 0 bridgehead atoms. The van der Waals surface area contributed by atoms with Crippen LogP contribution in [0.3, 0.4) is 0 Å². The zero-order chi connectivity index (χ0) is 37.3. The molecule has 0 aliphatic carbocycles. The summed E-state index contributed by atoms with van der Waals surface area (Å²) in [6.07, 6.45) is 0. The van der Waals surface area contributed by atoms with E-state index in [9.17, 15) is 0 Å². The van der Waals surface area contributed by atoms with Gasteiger partial charge >= 0.3 is 0 Å². The summed E-state index contributed by atoms with van der Waals surface area (Å²) in [6.45, 7) is 0. The Morgan fingerprint density at radius 1 is 0.268 bits per heavy atom. The summed E-state index contributed by atoms with van der Waals surface area (Å²) in [5.41, 5.74) is 16.8. The smallest absolute Gasteiger partial charge is 0.143 e. The second kappa shape index (κ2) is 14.4.